The van der Waals surface area contributed by atoms with Gasteiger partial charge in [0, 0.05) is 30.3 Å². The lowest BCUT2D eigenvalue weighted by Crippen LogP contribution is -2.26. The number of nitrogens with zero attached hydrogens (tertiary/aromatic N) is 4. The zero-order chi connectivity index (χ0) is 21.1. The van der Waals surface area contributed by atoms with Crippen molar-refractivity contribution in [1.29, 1.82) is 5.26 Å². The molecule has 0 fully saturated rings. The van der Waals surface area contributed by atoms with E-state index in [-0.39, 0.29) is 5.91 Å². The summed E-state index contributed by atoms with van der Waals surface area (Å²) in [6.07, 6.45) is 0. The highest BCUT2D eigenvalue weighted by Gasteiger charge is 2.24. The van der Waals surface area contributed by atoms with Gasteiger partial charge >= 0.3 is 0 Å². The van der Waals surface area contributed by atoms with Crippen LogP contribution < -0.4 is 0 Å². The van der Waals surface area contributed by atoms with E-state index in [1.165, 1.54) is 11.3 Å². The lowest BCUT2D eigenvalue weighted by atomic mass is 10.1. The van der Waals surface area contributed by atoms with E-state index in [2.05, 4.69) is 16.3 Å². The molecule has 30 heavy (non-hydrogen) atoms. The van der Waals surface area contributed by atoms with Gasteiger partial charge in [-0.05, 0) is 30.7 Å². The quantitative estimate of drug-likeness (QED) is 0.396. The lowest BCUT2D eigenvalue weighted by Gasteiger charge is -2.17. The van der Waals surface area contributed by atoms with Crippen LogP contribution in [0.4, 0.5) is 0 Å². The molecule has 4 aromatic rings. The average Bonchev–Trinajstić information content (AvgIpc) is 3.34. The number of hydrogen-bond donors (Lipinski definition) is 0. The summed E-state index contributed by atoms with van der Waals surface area (Å²) in [5.74, 6) is 0.700. The van der Waals surface area contributed by atoms with Gasteiger partial charge in [0.25, 0.3) is 5.91 Å². The first-order valence-corrected chi connectivity index (χ1v) is 11.0. The van der Waals surface area contributed by atoms with Crippen LogP contribution in [0.3, 0.4) is 0 Å². The normalized spacial score (nSPS) is 10.8. The molecule has 8 heteroatoms. The Hall–Kier alpha value is -3.15. The molecule has 0 aliphatic carbocycles. The molecule has 0 radical (unpaired) electrons. The molecule has 6 nitrogen and oxygen atoms in total. The minimum Gasteiger partial charge on any atom is -0.451 e. The first-order chi connectivity index (χ1) is 14.5. The van der Waals surface area contributed by atoms with Gasteiger partial charge in [-0.25, -0.2) is 0 Å². The predicted octanol–water partition coefficient (Wildman–Crippen LogP) is 5.03. The number of rotatable bonds is 6. The number of thioether (sulfide) groups is 1. The van der Waals surface area contributed by atoms with Crippen molar-refractivity contribution in [2.75, 3.05) is 7.05 Å². The summed E-state index contributed by atoms with van der Waals surface area (Å²) in [5, 5.41) is 19.1. The average molecular weight is 435 g/mol. The Morgan fingerprint density at radius 2 is 2.07 bits per heavy atom. The summed E-state index contributed by atoms with van der Waals surface area (Å²) in [4.78, 5) is 14.9. The second kappa shape index (κ2) is 8.69. The third-order valence-corrected chi connectivity index (χ3v) is 6.56. The zero-order valence-corrected chi connectivity index (χ0v) is 18.1. The number of carbonyl (C=O) groups is 1. The fourth-order valence-electron chi connectivity index (χ4n) is 3.14. The van der Waals surface area contributed by atoms with Crippen LogP contribution in [0, 0.1) is 18.3 Å². The van der Waals surface area contributed by atoms with Crippen LogP contribution in [0.15, 0.2) is 57.3 Å². The zero-order valence-electron chi connectivity index (χ0n) is 16.5. The van der Waals surface area contributed by atoms with Gasteiger partial charge in [0.05, 0.1) is 11.6 Å². The van der Waals surface area contributed by atoms with E-state index in [9.17, 15) is 4.79 Å². The van der Waals surface area contributed by atoms with Crippen molar-refractivity contribution in [3.05, 3.63) is 76.0 Å². The summed E-state index contributed by atoms with van der Waals surface area (Å²) < 4.78 is 6.83. The second-order valence-electron chi connectivity index (χ2n) is 6.75. The van der Waals surface area contributed by atoms with Crippen molar-refractivity contribution in [3.8, 4) is 6.07 Å². The third kappa shape index (κ3) is 4.22. The minimum absolute atomic E-state index is 0.197. The van der Waals surface area contributed by atoms with Crippen LogP contribution in [0.25, 0.3) is 11.0 Å². The van der Waals surface area contributed by atoms with E-state index in [4.69, 9.17) is 9.68 Å². The highest BCUT2D eigenvalue weighted by molar-refractivity contribution is 8.00. The number of carbonyl (C=O) groups excluding carboxylic acids is 1. The number of para-hydroxylation sites is 1. The summed E-state index contributed by atoms with van der Waals surface area (Å²) in [7, 11) is 1.74. The van der Waals surface area contributed by atoms with E-state index in [0.29, 0.717) is 29.2 Å². The SMILES string of the molecule is Cc1nnc(SCc2c(C(=O)N(C)Cc3cccc(C#N)c3)oc3ccccc23)s1. The fourth-order valence-corrected chi connectivity index (χ4v) is 4.99. The molecule has 0 bridgehead atoms. The summed E-state index contributed by atoms with van der Waals surface area (Å²) in [6, 6.07) is 17.0. The van der Waals surface area contributed by atoms with Gasteiger partial charge in [0.15, 0.2) is 10.1 Å². The molecule has 1 amide bonds. The number of fused-ring (bicyclic) bond motifs is 1. The van der Waals surface area contributed by atoms with Gasteiger partial charge < -0.3 is 9.32 Å². The number of aromatic nitrogens is 2. The van der Waals surface area contributed by atoms with Gasteiger partial charge in [0.1, 0.15) is 10.6 Å². The first-order valence-electron chi connectivity index (χ1n) is 9.23. The first kappa shape index (κ1) is 20.1. The van der Waals surface area contributed by atoms with E-state index < -0.39 is 0 Å². The van der Waals surface area contributed by atoms with Crippen molar-refractivity contribution >= 4 is 40.0 Å². The number of hydrogen-bond acceptors (Lipinski definition) is 7. The molecule has 0 saturated carbocycles. The highest BCUT2D eigenvalue weighted by atomic mass is 32.2. The third-order valence-electron chi connectivity index (χ3n) is 4.56. The Bertz CT molecular complexity index is 1260. The Labute approximate surface area is 182 Å². The van der Waals surface area contributed by atoms with Crippen LogP contribution in [0.1, 0.15) is 32.3 Å². The van der Waals surface area contributed by atoms with Gasteiger partial charge in [-0.3, -0.25) is 4.79 Å². The molecule has 0 unspecified atom stereocenters. The number of amides is 1. The van der Waals surface area contributed by atoms with Crippen LogP contribution in [-0.4, -0.2) is 28.1 Å². The molecule has 2 aromatic heterocycles. The van der Waals surface area contributed by atoms with Gasteiger partial charge in [0.2, 0.25) is 0 Å². The van der Waals surface area contributed by atoms with Crippen molar-refractivity contribution in [2.24, 2.45) is 0 Å². The Morgan fingerprint density at radius 3 is 2.83 bits per heavy atom. The Balaban J connectivity index is 1.61. The molecule has 0 aliphatic heterocycles. The van der Waals surface area contributed by atoms with Gasteiger partial charge in [-0.1, -0.05) is 53.4 Å². The molecule has 0 spiro atoms. The summed E-state index contributed by atoms with van der Waals surface area (Å²) >= 11 is 3.07. The molecule has 2 heterocycles. The summed E-state index contributed by atoms with van der Waals surface area (Å²) in [6.45, 7) is 2.30. The van der Waals surface area contributed by atoms with E-state index in [1.807, 2.05) is 43.3 Å². The number of aryl methyl sites for hydroxylation is 1. The number of nitriles is 1. The maximum Gasteiger partial charge on any atom is 0.289 e. The molecule has 0 saturated heterocycles. The molecular weight excluding hydrogens is 416 g/mol. The van der Waals surface area contributed by atoms with Gasteiger partial charge in [-0.15, -0.1) is 10.2 Å². The van der Waals surface area contributed by atoms with E-state index in [0.717, 1.165) is 25.9 Å². The second-order valence-corrected chi connectivity index (χ2v) is 9.16. The van der Waals surface area contributed by atoms with Crippen molar-refractivity contribution in [2.45, 2.75) is 23.6 Å². The molecule has 0 aliphatic rings. The monoisotopic (exact) mass is 434 g/mol. The highest BCUT2D eigenvalue weighted by Crippen LogP contribution is 2.33. The van der Waals surface area contributed by atoms with Crippen molar-refractivity contribution < 1.29 is 9.21 Å². The smallest absolute Gasteiger partial charge is 0.289 e. The summed E-state index contributed by atoms with van der Waals surface area (Å²) in [5.41, 5.74) is 3.00. The molecular formula is C22H18N4O2S2. The predicted molar refractivity (Wildman–Crippen MR) is 117 cm³/mol. The van der Waals surface area contributed by atoms with Crippen LogP contribution in [-0.2, 0) is 12.3 Å². The maximum absolute atomic E-state index is 13.2. The standard InChI is InChI=1S/C22H18N4O2S2/c1-14-24-25-22(30-14)29-13-18-17-8-3-4-9-19(17)28-20(18)21(27)26(2)12-16-7-5-6-15(10-16)11-23/h3-10H,12-13H2,1-2H3. The molecule has 150 valence electrons. The van der Waals surface area contributed by atoms with Crippen LogP contribution in [0.5, 0.6) is 0 Å². The molecule has 4 rings (SSSR count). The van der Waals surface area contributed by atoms with Crippen LogP contribution >= 0.6 is 23.1 Å². The van der Waals surface area contributed by atoms with E-state index in [1.54, 1.807) is 35.8 Å². The van der Waals surface area contributed by atoms with E-state index >= 15 is 0 Å². The van der Waals surface area contributed by atoms with Crippen molar-refractivity contribution in [1.82, 2.24) is 15.1 Å². The van der Waals surface area contributed by atoms with Crippen molar-refractivity contribution in [3.63, 3.8) is 0 Å². The largest absolute Gasteiger partial charge is 0.451 e. The topological polar surface area (TPSA) is 83.0 Å². The van der Waals surface area contributed by atoms with Gasteiger partial charge in [-0.2, -0.15) is 5.26 Å². The lowest BCUT2D eigenvalue weighted by molar-refractivity contribution is 0.0754. The number of benzene rings is 2. The minimum atomic E-state index is -0.197. The molecule has 0 atom stereocenters. The number of furan rings is 1. The Kier molecular flexibility index (Phi) is 5.84. The maximum atomic E-state index is 13.2. The fraction of sp³-hybridized carbons (Fsp3) is 0.182. The van der Waals surface area contributed by atoms with Crippen LogP contribution in [0.2, 0.25) is 0 Å². The molecule has 0 N–H and O–H groups in total. The Morgan fingerprint density at radius 1 is 1.23 bits per heavy atom. The molecule has 2 aromatic carbocycles.